The predicted octanol–water partition coefficient (Wildman–Crippen LogP) is 2.60. The summed E-state index contributed by atoms with van der Waals surface area (Å²) in [6.07, 6.45) is 5.31. The van der Waals surface area contributed by atoms with Crippen LogP contribution in [-0.4, -0.2) is 42.6 Å². The van der Waals surface area contributed by atoms with Crippen molar-refractivity contribution in [2.45, 2.75) is 58.1 Å². The molecule has 2 heterocycles. The smallest absolute Gasteiger partial charge is 0.263 e. The Morgan fingerprint density at radius 2 is 1.88 bits per heavy atom. The highest BCUT2D eigenvalue weighted by Gasteiger charge is 2.34. The number of aryl methyl sites for hydroxylation is 2. The molecule has 0 spiro atoms. The second-order valence-corrected chi connectivity index (χ2v) is 7.81. The Morgan fingerprint density at radius 3 is 2.58 bits per heavy atom. The van der Waals surface area contributed by atoms with Crippen molar-refractivity contribution in [1.82, 2.24) is 10.2 Å². The molecule has 1 aliphatic carbocycles. The van der Waals surface area contributed by atoms with E-state index in [1.807, 2.05) is 4.90 Å². The van der Waals surface area contributed by atoms with Gasteiger partial charge in [0, 0.05) is 25.6 Å². The number of fused-ring (bicyclic) bond motifs is 1. The third kappa shape index (κ3) is 3.30. The van der Waals surface area contributed by atoms with Crippen LogP contribution in [0.1, 0.15) is 42.4 Å². The average molecular weight is 328 g/mol. The minimum absolute atomic E-state index is 0.169. The molecule has 1 saturated heterocycles. The molecule has 0 bridgehead atoms. The molecular formula is C20H28N2O2. The zero-order valence-corrected chi connectivity index (χ0v) is 14.8. The first-order valence-electron chi connectivity index (χ1n) is 9.39. The van der Waals surface area contributed by atoms with Crippen LogP contribution >= 0.6 is 0 Å². The van der Waals surface area contributed by atoms with Gasteiger partial charge in [0.15, 0.2) is 6.10 Å². The first-order valence-corrected chi connectivity index (χ1v) is 9.39. The Labute approximate surface area is 144 Å². The molecule has 1 saturated carbocycles. The summed E-state index contributed by atoms with van der Waals surface area (Å²) in [5, 5.41) is 3.67. The summed E-state index contributed by atoms with van der Waals surface area (Å²) in [4.78, 5) is 14.8. The highest BCUT2D eigenvalue weighted by molar-refractivity contribution is 5.82. The number of ether oxygens (including phenoxy) is 1. The molecule has 1 unspecified atom stereocenters. The highest BCUT2D eigenvalue weighted by atomic mass is 16.5. The lowest BCUT2D eigenvalue weighted by molar-refractivity contribution is -0.139. The lowest BCUT2D eigenvalue weighted by atomic mass is 10.0. The number of rotatable bonds is 4. The van der Waals surface area contributed by atoms with Gasteiger partial charge in [0.1, 0.15) is 5.75 Å². The fourth-order valence-corrected chi connectivity index (χ4v) is 3.81. The van der Waals surface area contributed by atoms with Crippen molar-refractivity contribution in [1.29, 1.82) is 0 Å². The van der Waals surface area contributed by atoms with Gasteiger partial charge in [-0.3, -0.25) is 4.79 Å². The van der Waals surface area contributed by atoms with Gasteiger partial charge >= 0.3 is 0 Å². The minimum atomic E-state index is -0.322. The van der Waals surface area contributed by atoms with Gasteiger partial charge in [0.2, 0.25) is 0 Å². The summed E-state index contributed by atoms with van der Waals surface area (Å²) in [6.45, 7) is 7.08. The summed E-state index contributed by atoms with van der Waals surface area (Å²) in [5.41, 5.74) is 3.68. The van der Waals surface area contributed by atoms with Gasteiger partial charge in [-0.1, -0.05) is 6.07 Å². The number of hydrogen-bond acceptors (Lipinski definition) is 3. The number of amides is 1. The van der Waals surface area contributed by atoms with Crippen LogP contribution in [-0.2, 0) is 11.2 Å². The van der Waals surface area contributed by atoms with Crippen LogP contribution in [0.2, 0.25) is 0 Å². The Kier molecular flexibility index (Phi) is 4.25. The second kappa shape index (κ2) is 6.40. The van der Waals surface area contributed by atoms with E-state index in [2.05, 4.69) is 31.3 Å². The van der Waals surface area contributed by atoms with E-state index in [0.717, 1.165) is 44.0 Å². The summed E-state index contributed by atoms with van der Waals surface area (Å²) in [5.74, 6) is 1.99. The van der Waals surface area contributed by atoms with Crippen molar-refractivity contribution in [3.63, 3.8) is 0 Å². The first-order chi connectivity index (χ1) is 11.6. The molecule has 2 fully saturated rings. The van der Waals surface area contributed by atoms with Crippen molar-refractivity contribution in [3.05, 3.63) is 28.8 Å². The third-order valence-electron chi connectivity index (χ3n) is 5.83. The van der Waals surface area contributed by atoms with E-state index < -0.39 is 0 Å². The molecule has 0 aromatic heterocycles. The quantitative estimate of drug-likeness (QED) is 0.924. The predicted molar refractivity (Wildman–Crippen MR) is 94.4 cm³/mol. The van der Waals surface area contributed by atoms with Crippen molar-refractivity contribution < 1.29 is 9.53 Å². The first kappa shape index (κ1) is 15.9. The van der Waals surface area contributed by atoms with Crippen LogP contribution in [0.15, 0.2) is 12.1 Å². The normalized spacial score (nSPS) is 23.9. The molecule has 1 atom stereocenters. The number of likely N-dealkylation sites (tertiary alicyclic amines) is 1. The van der Waals surface area contributed by atoms with Crippen LogP contribution in [0.3, 0.4) is 0 Å². The van der Waals surface area contributed by atoms with Gasteiger partial charge in [-0.25, -0.2) is 0 Å². The van der Waals surface area contributed by atoms with E-state index in [9.17, 15) is 4.79 Å². The number of carbonyl (C=O) groups is 1. The van der Waals surface area contributed by atoms with Gasteiger partial charge in [-0.2, -0.15) is 0 Å². The summed E-state index contributed by atoms with van der Waals surface area (Å²) in [6, 6.07) is 4.83. The monoisotopic (exact) mass is 328 g/mol. The Hall–Kier alpha value is -1.55. The van der Waals surface area contributed by atoms with E-state index in [1.54, 1.807) is 0 Å². The molecule has 24 heavy (non-hydrogen) atoms. The summed E-state index contributed by atoms with van der Waals surface area (Å²) >= 11 is 0. The standard InChI is InChI=1S/C20H28N2O2/c1-13-9-16-11-19(24-18(16)10-14(13)2)20(23)22-7-5-17(6-8-22)21-12-15-3-4-15/h9-10,15,17,19,21H,3-8,11-12H2,1-2H3. The van der Waals surface area contributed by atoms with E-state index in [1.165, 1.54) is 36.1 Å². The lowest BCUT2D eigenvalue weighted by Gasteiger charge is -2.33. The van der Waals surface area contributed by atoms with Crippen molar-refractivity contribution in [2.24, 2.45) is 5.92 Å². The zero-order chi connectivity index (χ0) is 16.7. The number of carbonyl (C=O) groups excluding carboxylic acids is 1. The number of benzene rings is 1. The Bertz CT molecular complexity index is 600. The fraction of sp³-hybridized carbons (Fsp3) is 0.650. The number of nitrogens with one attached hydrogen (secondary N) is 1. The maximum absolute atomic E-state index is 12.8. The molecule has 4 heteroatoms. The zero-order valence-electron chi connectivity index (χ0n) is 14.8. The van der Waals surface area contributed by atoms with Crippen molar-refractivity contribution in [3.8, 4) is 5.75 Å². The maximum atomic E-state index is 12.8. The second-order valence-electron chi connectivity index (χ2n) is 7.81. The maximum Gasteiger partial charge on any atom is 0.263 e. The highest BCUT2D eigenvalue weighted by Crippen LogP contribution is 2.32. The molecule has 1 aromatic rings. The summed E-state index contributed by atoms with van der Waals surface area (Å²) < 4.78 is 5.96. The third-order valence-corrected chi connectivity index (χ3v) is 5.83. The summed E-state index contributed by atoms with van der Waals surface area (Å²) in [7, 11) is 0. The molecular weight excluding hydrogens is 300 g/mol. The average Bonchev–Trinajstić information content (AvgIpc) is 3.33. The van der Waals surface area contributed by atoms with E-state index in [4.69, 9.17) is 4.74 Å². The molecule has 1 N–H and O–H groups in total. The number of hydrogen-bond donors (Lipinski definition) is 1. The number of piperidine rings is 1. The molecule has 0 radical (unpaired) electrons. The van der Waals surface area contributed by atoms with E-state index >= 15 is 0 Å². The Morgan fingerprint density at radius 1 is 1.17 bits per heavy atom. The Balaban J connectivity index is 1.30. The lowest BCUT2D eigenvalue weighted by Crippen LogP contribution is -2.49. The minimum Gasteiger partial charge on any atom is -0.480 e. The molecule has 4 rings (SSSR count). The van der Waals surface area contributed by atoms with E-state index in [0.29, 0.717) is 6.04 Å². The van der Waals surface area contributed by atoms with Crippen LogP contribution in [0.25, 0.3) is 0 Å². The van der Waals surface area contributed by atoms with Crippen LogP contribution in [0, 0.1) is 19.8 Å². The van der Waals surface area contributed by atoms with Gasteiger partial charge in [0.25, 0.3) is 5.91 Å². The molecule has 3 aliphatic rings. The molecule has 1 amide bonds. The fourth-order valence-electron chi connectivity index (χ4n) is 3.81. The van der Waals surface area contributed by atoms with Gasteiger partial charge in [-0.05, 0) is 74.8 Å². The van der Waals surface area contributed by atoms with Crippen LogP contribution < -0.4 is 10.1 Å². The molecule has 2 aliphatic heterocycles. The molecule has 1 aromatic carbocycles. The van der Waals surface area contributed by atoms with E-state index in [-0.39, 0.29) is 12.0 Å². The largest absolute Gasteiger partial charge is 0.480 e. The van der Waals surface area contributed by atoms with Gasteiger partial charge < -0.3 is 15.0 Å². The van der Waals surface area contributed by atoms with Gasteiger partial charge in [-0.15, -0.1) is 0 Å². The number of nitrogens with zero attached hydrogens (tertiary/aromatic N) is 1. The van der Waals surface area contributed by atoms with Gasteiger partial charge in [0.05, 0.1) is 0 Å². The van der Waals surface area contributed by atoms with Crippen molar-refractivity contribution >= 4 is 5.91 Å². The van der Waals surface area contributed by atoms with Crippen molar-refractivity contribution in [2.75, 3.05) is 19.6 Å². The molecule has 130 valence electrons. The SMILES string of the molecule is Cc1cc2c(cc1C)OC(C(=O)N1CCC(NCC3CC3)CC1)C2. The van der Waals surface area contributed by atoms with Crippen LogP contribution in [0.4, 0.5) is 0 Å². The van der Waals surface area contributed by atoms with Crippen LogP contribution in [0.5, 0.6) is 5.75 Å². The molecule has 4 nitrogen and oxygen atoms in total. The topological polar surface area (TPSA) is 41.6 Å².